The van der Waals surface area contributed by atoms with Crippen LogP contribution >= 0.6 is 11.6 Å². The van der Waals surface area contributed by atoms with Crippen LogP contribution in [-0.2, 0) is 11.2 Å². The van der Waals surface area contributed by atoms with Crippen LogP contribution in [-0.4, -0.2) is 30.3 Å². The summed E-state index contributed by atoms with van der Waals surface area (Å²) in [5.41, 5.74) is 1.63. The Kier molecular flexibility index (Phi) is 6.29. The summed E-state index contributed by atoms with van der Waals surface area (Å²) in [7, 11) is 3.12. The van der Waals surface area contributed by atoms with E-state index in [1.807, 2.05) is 18.2 Å². The zero-order valence-corrected chi connectivity index (χ0v) is 16.2. The normalized spacial score (nSPS) is 10.2. The molecule has 0 unspecified atom stereocenters. The van der Waals surface area contributed by atoms with Crippen LogP contribution in [0.15, 0.2) is 54.6 Å². The maximum absolute atomic E-state index is 12.3. The van der Waals surface area contributed by atoms with E-state index in [0.717, 1.165) is 11.3 Å². The minimum absolute atomic E-state index is 0.173. The Balaban J connectivity index is 1.59. The summed E-state index contributed by atoms with van der Waals surface area (Å²) in [5.74, 6) is 1.90. The monoisotopic (exact) mass is 398 g/mol. The van der Waals surface area contributed by atoms with Gasteiger partial charge in [-0.1, -0.05) is 17.7 Å². The number of halogens is 1. The second kappa shape index (κ2) is 9.05. The van der Waals surface area contributed by atoms with Gasteiger partial charge >= 0.3 is 0 Å². The lowest BCUT2D eigenvalue weighted by atomic mass is 10.1. The number of rotatable bonds is 7. The van der Waals surface area contributed by atoms with Gasteiger partial charge in [0.05, 0.1) is 20.6 Å². The number of nitrogens with zero attached hydrogens (tertiary/aromatic N) is 2. The van der Waals surface area contributed by atoms with Gasteiger partial charge in [0.15, 0.2) is 23.1 Å². The van der Waals surface area contributed by atoms with E-state index in [9.17, 15) is 4.79 Å². The van der Waals surface area contributed by atoms with Crippen LogP contribution in [0.4, 0.5) is 17.3 Å². The fourth-order valence-electron chi connectivity index (χ4n) is 2.51. The molecule has 0 saturated carbocycles. The van der Waals surface area contributed by atoms with Crippen molar-refractivity contribution in [3.63, 3.8) is 0 Å². The Morgan fingerprint density at radius 1 is 0.929 bits per heavy atom. The molecule has 1 amide bonds. The van der Waals surface area contributed by atoms with Gasteiger partial charge in [0.25, 0.3) is 0 Å². The van der Waals surface area contributed by atoms with Crippen molar-refractivity contribution >= 4 is 34.8 Å². The Morgan fingerprint density at radius 3 is 2.25 bits per heavy atom. The maximum atomic E-state index is 12.3. The van der Waals surface area contributed by atoms with Crippen LogP contribution in [0.1, 0.15) is 5.56 Å². The number of carbonyl (C=O) groups excluding carboxylic acids is 1. The molecule has 0 aliphatic heterocycles. The van der Waals surface area contributed by atoms with Gasteiger partial charge in [0.2, 0.25) is 5.91 Å². The number of hydrogen-bond donors (Lipinski definition) is 2. The molecule has 0 spiro atoms. The summed E-state index contributed by atoms with van der Waals surface area (Å²) in [6, 6.07) is 16.0. The van der Waals surface area contributed by atoms with Gasteiger partial charge < -0.3 is 20.1 Å². The van der Waals surface area contributed by atoms with Crippen LogP contribution in [0.3, 0.4) is 0 Å². The van der Waals surface area contributed by atoms with Gasteiger partial charge in [0, 0.05) is 10.7 Å². The van der Waals surface area contributed by atoms with Crippen LogP contribution in [0.2, 0.25) is 5.02 Å². The second-order valence-corrected chi connectivity index (χ2v) is 6.29. The van der Waals surface area contributed by atoms with E-state index < -0.39 is 0 Å². The summed E-state index contributed by atoms with van der Waals surface area (Å²) >= 11 is 5.86. The molecular weight excluding hydrogens is 380 g/mol. The SMILES string of the molecule is COc1ccc(CC(=O)Nc2ccc(Nc3ccc(Cl)cc3)nn2)cc1OC. The van der Waals surface area contributed by atoms with E-state index in [4.69, 9.17) is 21.1 Å². The molecule has 2 aromatic carbocycles. The Labute approximate surface area is 167 Å². The van der Waals surface area contributed by atoms with Gasteiger partial charge in [-0.15, -0.1) is 10.2 Å². The number of anilines is 3. The Hall–Kier alpha value is -3.32. The number of methoxy groups -OCH3 is 2. The van der Waals surface area contributed by atoms with Crippen LogP contribution < -0.4 is 20.1 Å². The molecule has 2 N–H and O–H groups in total. The molecule has 1 aromatic heterocycles. The van der Waals surface area contributed by atoms with Crippen LogP contribution in [0, 0.1) is 0 Å². The quantitative estimate of drug-likeness (QED) is 0.624. The average molecular weight is 399 g/mol. The molecule has 1 heterocycles. The molecule has 8 heteroatoms. The molecule has 7 nitrogen and oxygen atoms in total. The van der Waals surface area contributed by atoms with Crippen molar-refractivity contribution in [1.82, 2.24) is 10.2 Å². The second-order valence-electron chi connectivity index (χ2n) is 5.85. The smallest absolute Gasteiger partial charge is 0.229 e. The topological polar surface area (TPSA) is 85.4 Å². The highest BCUT2D eigenvalue weighted by Crippen LogP contribution is 2.27. The maximum Gasteiger partial charge on any atom is 0.229 e. The minimum atomic E-state index is -0.208. The number of benzene rings is 2. The summed E-state index contributed by atoms with van der Waals surface area (Å²) in [6.45, 7) is 0. The summed E-state index contributed by atoms with van der Waals surface area (Å²) in [5, 5.41) is 14.6. The lowest BCUT2D eigenvalue weighted by Gasteiger charge is -2.10. The van der Waals surface area contributed by atoms with Gasteiger partial charge in [-0.05, 0) is 54.1 Å². The molecule has 0 aliphatic rings. The van der Waals surface area contributed by atoms with E-state index in [-0.39, 0.29) is 12.3 Å². The molecule has 0 radical (unpaired) electrons. The van der Waals surface area contributed by atoms with Crippen molar-refractivity contribution in [2.75, 3.05) is 24.9 Å². The van der Waals surface area contributed by atoms with Crippen molar-refractivity contribution in [2.45, 2.75) is 6.42 Å². The highest BCUT2D eigenvalue weighted by atomic mass is 35.5. The fraction of sp³-hybridized carbons (Fsp3) is 0.150. The third-order valence-corrected chi connectivity index (χ3v) is 4.11. The summed E-state index contributed by atoms with van der Waals surface area (Å²) < 4.78 is 10.4. The van der Waals surface area contributed by atoms with Crippen molar-refractivity contribution in [3.8, 4) is 11.5 Å². The highest BCUT2D eigenvalue weighted by molar-refractivity contribution is 6.30. The first-order chi connectivity index (χ1) is 13.6. The molecule has 0 aliphatic carbocycles. The molecule has 0 atom stereocenters. The fourth-order valence-corrected chi connectivity index (χ4v) is 2.64. The highest BCUT2D eigenvalue weighted by Gasteiger charge is 2.09. The van der Waals surface area contributed by atoms with Crippen molar-refractivity contribution in [3.05, 3.63) is 65.2 Å². The number of aromatic nitrogens is 2. The molecule has 0 saturated heterocycles. The van der Waals surface area contributed by atoms with E-state index >= 15 is 0 Å². The molecule has 0 fully saturated rings. The molecule has 144 valence electrons. The van der Waals surface area contributed by atoms with E-state index in [0.29, 0.717) is 28.2 Å². The third kappa shape index (κ3) is 5.11. The van der Waals surface area contributed by atoms with Gasteiger partial charge in [-0.25, -0.2) is 0 Å². The average Bonchev–Trinajstić information content (AvgIpc) is 2.71. The first-order valence-corrected chi connectivity index (χ1v) is 8.82. The standard InChI is InChI=1S/C20H19ClN4O3/c1-27-16-8-3-13(11-17(16)28-2)12-20(26)23-19-10-9-18(24-25-19)22-15-6-4-14(21)5-7-15/h3-11H,12H2,1-2H3,(H,22,24)(H,23,25,26). The van der Waals surface area contributed by atoms with Crippen molar-refractivity contribution in [1.29, 1.82) is 0 Å². The lowest BCUT2D eigenvalue weighted by Crippen LogP contribution is -2.15. The predicted octanol–water partition coefficient (Wildman–Crippen LogP) is 4.07. The number of nitrogens with one attached hydrogen (secondary N) is 2. The van der Waals surface area contributed by atoms with E-state index in [2.05, 4.69) is 20.8 Å². The Morgan fingerprint density at radius 2 is 1.61 bits per heavy atom. The van der Waals surface area contributed by atoms with Crippen molar-refractivity contribution < 1.29 is 14.3 Å². The Bertz CT molecular complexity index is 947. The molecule has 3 aromatic rings. The van der Waals surface area contributed by atoms with Crippen molar-refractivity contribution in [2.24, 2.45) is 0 Å². The van der Waals surface area contributed by atoms with Crippen LogP contribution in [0.5, 0.6) is 11.5 Å². The van der Waals surface area contributed by atoms with E-state index in [1.165, 1.54) is 0 Å². The predicted molar refractivity (Wildman–Crippen MR) is 109 cm³/mol. The molecule has 0 bridgehead atoms. The zero-order chi connectivity index (χ0) is 19.9. The molecular formula is C20H19ClN4O3. The number of ether oxygens (including phenoxy) is 2. The van der Waals surface area contributed by atoms with Gasteiger partial charge in [-0.2, -0.15) is 0 Å². The number of carbonyl (C=O) groups is 1. The minimum Gasteiger partial charge on any atom is -0.493 e. The molecule has 28 heavy (non-hydrogen) atoms. The van der Waals surface area contributed by atoms with E-state index in [1.54, 1.807) is 50.6 Å². The zero-order valence-electron chi connectivity index (χ0n) is 15.4. The van der Waals surface area contributed by atoms with Gasteiger partial charge in [-0.3, -0.25) is 4.79 Å². The van der Waals surface area contributed by atoms with Gasteiger partial charge in [0.1, 0.15) is 0 Å². The lowest BCUT2D eigenvalue weighted by molar-refractivity contribution is -0.115. The molecule has 3 rings (SSSR count). The summed E-state index contributed by atoms with van der Waals surface area (Å²) in [6.07, 6.45) is 0.173. The number of amides is 1. The third-order valence-electron chi connectivity index (χ3n) is 3.86. The largest absolute Gasteiger partial charge is 0.493 e. The summed E-state index contributed by atoms with van der Waals surface area (Å²) in [4.78, 5) is 12.3. The van der Waals surface area contributed by atoms with Crippen LogP contribution in [0.25, 0.3) is 0 Å². The first kappa shape index (κ1) is 19.4. The first-order valence-electron chi connectivity index (χ1n) is 8.44. The number of hydrogen-bond acceptors (Lipinski definition) is 6.